The van der Waals surface area contributed by atoms with Crippen molar-refractivity contribution in [2.24, 2.45) is 0 Å². The fourth-order valence-electron chi connectivity index (χ4n) is 0.771. The first-order valence-electron chi connectivity index (χ1n) is 3.39. The molecule has 0 spiro atoms. The first-order valence-corrected chi connectivity index (χ1v) is 3.39. The van der Waals surface area contributed by atoms with Gasteiger partial charge in [-0.25, -0.2) is 0 Å². The van der Waals surface area contributed by atoms with Crippen LogP contribution < -0.4 is 0 Å². The van der Waals surface area contributed by atoms with E-state index in [-0.39, 0.29) is 6.10 Å². The summed E-state index contributed by atoms with van der Waals surface area (Å²) < 4.78 is 10.6. The van der Waals surface area contributed by atoms with Gasteiger partial charge in [-0.2, -0.15) is 0 Å². The number of allylic oxidation sites excluding steroid dienone is 1. The van der Waals surface area contributed by atoms with Gasteiger partial charge < -0.3 is 9.47 Å². The third kappa shape index (κ3) is 1.61. The first-order chi connectivity index (χ1) is 4.86. The summed E-state index contributed by atoms with van der Waals surface area (Å²) >= 11 is 0. The van der Waals surface area contributed by atoms with Crippen molar-refractivity contribution in [2.75, 3.05) is 13.2 Å². The zero-order valence-electron chi connectivity index (χ0n) is 6.17. The van der Waals surface area contributed by atoms with Crippen molar-refractivity contribution in [1.82, 2.24) is 0 Å². The molecule has 0 saturated carbocycles. The highest BCUT2D eigenvalue weighted by molar-refractivity contribution is 4.96. The number of ether oxygens (including phenoxy) is 2. The van der Waals surface area contributed by atoms with Gasteiger partial charge in [-0.1, -0.05) is 6.08 Å². The summed E-state index contributed by atoms with van der Waals surface area (Å²) in [6, 6.07) is 0. The average Bonchev–Trinajstić information content (AvgIpc) is 2.05. The predicted molar refractivity (Wildman–Crippen MR) is 39.6 cm³/mol. The lowest BCUT2D eigenvalue weighted by Crippen LogP contribution is -2.25. The molecule has 1 atom stereocenters. The molecule has 0 aromatic carbocycles. The van der Waals surface area contributed by atoms with E-state index in [1.54, 1.807) is 6.08 Å². The lowest BCUT2D eigenvalue weighted by Gasteiger charge is -2.22. The van der Waals surface area contributed by atoms with Crippen LogP contribution in [0.2, 0.25) is 0 Å². The molecule has 0 aromatic heterocycles. The van der Waals surface area contributed by atoms with Crippen molar-refractivity contribution in [3.63, 3.8) is 0 Å². The van der Waals surface area contributed by atoms with E-state index in [0.717, 1.165) is 5.76 Å². The average molecular weight is 140 g/mol. The smallest absolute Gasteiger partial charge is 0.118 e. The van der Waals surface area contributed by atoms with Gasteiger partial charge in [0, 0.05) is 0 Å². The van der Waals surface area contributed by atoms with Crippen LogP contribution in [0.5, 0.6) is 0 Å². The van der Waals surface area contributed by atoms with Crippen molar-refractivity contribution in [3.8, 4) is 0 Å². The minimum Gasteiger partial charge on any atom is -0.493 e. The fourth-order valence-corrected chi connectivity index (χ4v) is 0.771. The van der Waals surface area contributed by atoms with Crippen molar-refractivity contribution in [2.45, 2.75) is 13.0 Å². The van der Waals surface area contributed by atoms with Crippen LogP contribution in [0.4, 0.5) is 0 Å². The Morgan fingerprint density at radius 1 is 1.70 bits per heavy atom. The Labute approximate surface area is 61.1 Å². The molecule has 10 heavy (non-hydrogen) atoms. The van der Waals surface area contributed by atoms with E-state index in [1.807, 2.05) is 13.0 Å². The summed E-state index contributed by atoms with van der Waals surface area (Å²) in [5.74, 6) is 0.915. The SMILES string of the molecule is C=CC1COC(=CC)CO1. The summed E-state index contributed by atoms with van der Waals surface area (Å²) in [7, 11) is 0. The Morgan fingerprint density at radius 3 is 2.90 bits per heavy atom. The Hall–Kier alpha value is -0.760. The largest absolute Gasteiger partial charge is 0.493 e. The van der Waals surface area contributed by atoms with E-state index in [4.69, 9.17) is 9.47 Å². The lowest BCUT2D eigenvalue weighted by atomic mass is 10.3. The molecule has 0 radical (unpaired) electrons. The maximum Gasteiger partial charge on any atom is 0.118 e. The zero-order valence-corrected chi connectivity index (χ0v) is 6.17. The highest BCUT2D eigenvalue weighted by atomic mass is 16.6. The monoisotopic (exact) mass is 140 g/mol. The van der Waals surface area contributed by atoms with Crippen molar-refractivity contribution in [1.29, 1.82) is 0 Å². The second-order valence-corrected chi connectivity index (χ2v) is 2.15. The summed E-state index contributed by atoms with van der Waals surface area (Å²) in [5, 5.41) is 0. The van der Waals surface area contributed by atoms with E-state index >= 15 is 0 Å². The molecule has 1 aliphatic heterocycles. The quantitative estimate of drug-likeness (QED) is 0.514. The van der Waals surface area contributed by atoms with Gasteiger partial charge in [-0.05, 0) is 13.0 Å². The van der Waals surface area contributed by atoms with Gasteiger partial charge in [0.1, 0.15) is 25.1 Å². The summed E-state index contributed by atoms with van der Waals surface area (Å²) in [5.41, 5.74) is 0. The molecular formula is C8H12O2. The van der Waals surface area contributed by atoms with Crippen molar-refractivity contribution in [3.05, 3.63) is 24.5 Å². The van der Waals surface area contributed by atoms with Gasteiger partial charge >= 0.3 is 0 Å². The second-order valence-electron chi connectivity index (χ2n) is 2.15. The van der Waals surface area contributed by atoms with Crippen LogP contribution in [0.3, 0.4) is 0 Å². The standard InChI is InChI=1S/C8H12O2/c1-3-7-5-10-8(4-2)6-9-7/h3-4,7H,1,5-6H2,2H3. The normalized spacial score (nSPS) is 29.7. The van der Waals surface area contributed by atoms with Crippen LogP contribution in [0, 0.1) is 0 Å². The van der Waals surface area contributed by atoms with Crippen LogP contribution in [0.25, 0.3) is 0 Å². The topological polar surface area (TPSA) is 18.5 Å². The lowest BCUT2D eigenvalue weighted by molar-refractivity contribution is -0.0260. The van der Waals surface area contributed by atoms with Crippen LogP contribution in [-0.2, 0) is 9.47 Å². The molecule has 0 bridgehead atoms. The molecule has 1 unspecified atom stereocenters. The number of hydrogen-bond donors (Lipinski definition) is 0. The summed E-state index contributed by atoms with van der Waals surface area (Å²) in [6.07, 6.45) is 3.75. The molecule has 2 nitrogen and oxygen atoms in total. The zero-order chi connectivity index (χ0) is 7.40. The molecule has 2 heteroatoms. The maximum absolute atomic E-state index is 5.32. The molecule has 56 valence electrons. The van der Waals surface area contributed by atoms with Gasteiger partial charge in [0.25, 0.3) is 0 Å². The Morgan fingerprint density at radius 2 is 2.50 bits per heavy atom. The van der Waals surface area contributed by atoms with Gasteiger partial charge in [0.05, 0.1) is 0 Å². The van der Waals surface area contributed by atoms with E-state index < -0.39 is 0 Å². The Balaban J connectivity index is 2.37. The molecular weight excluding hydrogens is 128 g/mol. The van der Waals surface area contributed by atoms with Gasteiger partial charge in [-0.3, -0.25) is 0 Å². The van der Waals surface area contributed by atoms with Gasteiger partial charge in [-0.15, -0.1) is 6.58 Å². The minimum absolute atomic E-state index is 0.0729. The summed E-state index contributed by atoms with van der Waals surface area (Å²) in [6.45, 7) is 6.73. The molecule has 1 saturated heterocycles. The van der Waals surface area contributed by atoms with Gasteiger partial charge in [0.2, 0.25) is 0 Å². The van der Waals surface area contributed by atoms with Crippen LogP contribution in [0.1, 0.15) is 6.92 Å². The van der Waals surface area contributed by atoms with Crippen molar-refractivity contribution >= 4 is 0 Å². The number of hydrogen-bond acceptors (Lipinski definition) is 2. The third-order valence-corrected chi connectivity index (χ3v) is 1.46. The molecule has 0 aromatic rings. The molecule has 1 aliphatic rings. The molecule has 0 amide bonds. The van der Waals surface area contributed by atoms with Crippen LogP contribution in [0.15, 0.2) is 24.5 Å². The van der Waals surface area contributed by atoms with E-state index in [1.165, 1.54) is 0 Å². The molecule has 1 fully saturated rings. The molecule has 0 N–H and O–H groups in total. The van der Waals surface area contributed by atoms with E-state index in [0.29, 0.717) is 13.2 Å². The van der Waals surface area contributed by atoms with Gasteiger partial charge in [0.15, 0.2) is 0 Å². The fraction of sp³-hybridized carbons (Fsp3) is 0.500. The second kappa shape index (κ2) is 3.42. The molecule has 0 aliphatic carbocycles. The van der Waals surface area contributed by atoms with Crippen LogP contribution in [-0.4, -0.2) is 19.3 Å². The predicted octanol–water partition coefficient (Wildman–Crippen LogP) is 1.49. The molecule has 1 heterocycles. The third-order valence-electron chi connectivity index (χ3n) is 1.46. The van der Waals surface area contributed by atoms with E-state index in [2.05, 4.69) is 6.58 Å². The van der Waals surface area contributed by atoms with Crippen molar-refractivity contribution < 1.29 is 9.47 Å². The maximum atomic E-state index is 5.32. The van der Waals surface area contributed by atoms with E-state index in [9.17, 15) is 0 Å². The highest BCUT2D eigenvalue weighted by Crippen LogP contribution is 2.09. The number of rotatable bonds is 1. The first kappa shape index (κ1) is 7.35. The Kier molecular flexibility index (Phi) is 2.51. The molecule has 1 rings (SSSR count). The highest BCUT2D eigenvalue weighted by Gasteiger charge is 2.13. The van der Waals surface area contributed by atoms with Crippen LogP contribution >= 0.6 is 0 Å². The Bertz CT molecular complexity index is 139. The minimum atomic E-state index is 0.0729. The summed E-state index contributed by atoms with van der Waals surface area (Å²) in [4.78, 5) is 0.